The first-order chi connectivity index (χ1) is 12.6. The Bertz CT molecular complexity index is 764. The third-order valence-electron chi connectivity index (χ3n) is 4.26. The van der Waals surface area contributed by atoms with Gasteiger partial charge in [0.2, 0.25) is 0 Å². The van der Waals surface area contributed by atoms with Crippen LogP contribution in [0, 0.1) is 0 Å². The summed E-state index contributed by atoms with van der Waals surface area (Å²) in [5.74, 6) is 1.26. The highest BCUT2D eigenvalue weighted by Crippen LogP contribution is 2.26. The summed E-state index contributed by atoms with van der Waals surface area (Å²) in [6, 6.07) is 8.79. The quantitative estimate of drug-likeness (QED) is 0.803. The second-order valence-electron chi connectivity index (χ2n) is 6.18. The van der Waals surface area contributed by atoms with Gasteiger partial charge in [-0.2, -0.15) is 0 Å². The maximum Gasteiger partial charge on any atom is 0.258 e. The molecule has 26 heavy (non-hydrogen) atoms. The number of hydrogen-bond acceptors (Lipinski definition) is 4. The van der Waals surface area contributed by atoms with Crippen molar-refractivity contribution in [3.63, 3.8) is 0 Å². The van der Waals surface area contributed by atoms with Crippen molar-refractivity contribution in [3.05, 3.63) is 52.1 Å². The minimum atomic E-state index is -0.204. The molecule has 0 unspecified atom stereocenters. The zero-order chi connectivity index (χ0) is 18.4. The molecule has 1 fully saturated rings. The average Bonchev–Trinajstić information content (AvgIpc) is 2.68. The summed E-state index contributed by atoms with van der Waals surface area (Å²) in [7, 11) is 0. The molecule has 0 atom stereocenters. The normalized spacial score (nSPS) is 14.2. The minimum absolute atomic E-state index is 0.0860. The van der Waals surface area contributed by atoms with E-state index >= 15 is 0 Å². The summed E-state index contributed by atoms with van der Waals surface area (Å²) in [5, 5.41) is 3.73. The Morgan fingerprint density at radius 2 is 1.96 bits per heavy atom. The molecule has 0 aliphatic carbocycles. The van der Waals surface area contributed by atoms with Crippen molar-refractivity contribution in [3.8, 4) is 5.75 Å². The highest BCUT2D eigenvalue weighted by atomic mass is 35.5. The maximum absolute atomic E-state index is 12.1. The highest BCUT2D eigenvalue weighted by molar-refractivity contribution is 6.42. The van der Waals surface area contributed by atoms with Gasteiger partial charge in [-0.3, -0.25) is 4.79 Å². The fourth-order valence-electron chi connectivity index (χ4n) is 2.92. The van der Waals surface area contributed by atoms with E-state index in [-0.39, 0.29) is 12.5 Å². The number of piperidine rings is 1. The third-order valence-corrected chi connectivity index (χ3v) is 5.00. The van der Waals surface area contributed by atoms with Crippen molar-refractivity contribution in [2.24, 2.45) is 0 Å². The predicted molar refractivity (Wildman–Crippen MR) is 104 cm³/mol. The van der Waals surface area contributed by atoms with E-state index < -0.39 is 0 Å². The largest absolute Gasteiger partial charge is 0.484 e. The van der Waals surface area contributed by atoms with Crippen molar-refractivity contribution >= 4 is 34.9 Å². The zero-order valence-corrected chi connectivity index (χ0v) is 15.9. The predicted octanol–water partition coefficient (Wildman–Crippen LogP) is 4.07. The fraction of sp³-hybridized carbons (Fsp3) is 0.368. The Labute approximate surface area is 163 Å². The van der Waals surface area contributed by atoms with Crippen LogP contribution in [0.3, 0.4) is 0 Å². The number of carbonyl (C=O) groups is 1. The Morgan fingerprint density at radius 3 is 2.73 bits per heavy atom. The SMILES string of the molecule is O=C(COc1ccc(Cl)c(Cl)c1)NCc1cccnc1N1CCCCC1. The first-order valence-corrected chi connectivity index (χ1v) is 9.42. The lowest BCUT2D eigenvalue weighted by molar-refractivity contribution is -0.123. The molecule has 1 aliphatic rings. The molecule has 0 radical (unpaired) electrons. The van der Waals surface area contributed by atoms with Gasteiger partial charge in [0.1, 0.15) is 11.6 Å². The van der Waals surface area contributed by atoms with Crippen LogP contribution in [0.25, 0.3) is 0 Å². The number of benzene rings is 1. The van der Waals surface area contributed by atoms with Crippen molar-refractivity contribution in [2.75, 3.05) is 24.6 Å². The van der Waals surface area contributed by atoms with Gasteiger partial charge in [0, 0.05) is 37.5 Å². The molecule has 7 heteroatoms. The van der Waals surface area contributed by atoms with Crippen LogP contribution >= 0.6 is 23.2 Å². The summed E-state index contributed by atoms with van der Waals surface area (Å²) >= 11 is 11.8. The lowest BCUT2D eigenvalue weighted by atomic mass is 10.1. The maximum atomic E-state index is 12.1. The van der Waals surface area contributed by atoms with E-state index in [0.29, 0.717) is 22.3 Å². The molecule has 138 valence electrons. The Kier molecular flexibility index (Phi) is 6.58. The average molecular weight is 394 g/mol. The number of hydrogen-bond donors (Lipinski definition) is 1. The number of carbonyl (C=O) groups excluding carboxylic acids is 1. The summed E-state index contributed by atoms with van der Waals surface area (Å²) in [6.45, 7) is 2.36. The van der Waals surface area contributed by atoms with E-state index in [1.54, 1.807) is 24.4 Å². The van der Waals surface area contributed by atoms with Crippen LogP contribution in [-0.2, 0) is 11.3 Å². The third kappa shape index (κ3) is 5.02. The van der Waals surface area contributed by atoms with E-state index in [4.69, 9.17) is 27.9 Å². The van der Waals surface area contributed by atoms with Gasteiger partial charge in [-0.05, 0) is 37.5 Å². The molecule has 0 saturated carbocycles. The molecule has 1 aromatic heterocycles. The molecule has 0 spiro atoms. The molecule has 1 amide bonds. The summed E-state index contributed by atoms with van der Waals surface area (Å²) in [4.78, 5) is 18.9. The number of aromatic nitrogens is 1. The molecule has 2 heterocycles. The van der Waals surface area contributed by atoms with Crippen LogP contribution in [-0.4, -0.2) is 30.6 Å². The van der Waals surface area contributed by atoms with Gasteiger partial charge in [-0.15, -0.1) is 0 Å². The number of nitrogens with one attached hydrogen (secondary N) is 1. The first-order valence-electron chi connectivity index (χ1n) is 8.67. The number of amides is 1. The standard InChI is InChI=1S/C19H21Cl2N3O2/c20-16-7-6-15(11-17(16)21)26-13-18(25)23-12-14-5-4-8-22-19(14)24-9-2-1-3-10-24/h4-8,11H,1-3,9-10,12-13H2,(H,23,25). The summed E-state index contributed by atoms with van der Waals surface area (Å²) in [6.07, 6.45) is 5.42. The zero-order valence-electron chi connectivity index (χ0n) is 14.4. The van der Waals surface area contributed by atoms with Gasteiger partial charge in [0.15, 0.2) is 6.61 Å². The Hall–Kier alpha value is -1.98. The second-order valence-corrected chi connectivity index (χ2v) is 6.99. The van der Waals surface area contributed by atoms with Gasteiger partial charge in [-0.25, -0.2) is 4.98 Å². The molecule has 0 bridgehead atoms. The van der Waals surface area contributed by atoms with Crippen molar-refractivity contribution in [1.29, 1.82) is 0 Å². The smallest absolute Gasteiger partial charge is 0.258 e. The lowest BCUT2D eigenvalue weighted by Gasteiger charge is -2.29. The molecular formula is C19H21Cl2N3O2. The van der Waals surface area contributed by atoms with Crippen molar-refractivity contribution in [2.45, 2.75) is 25.8 Å². The van der Waals surface area contributed by atoms with Crippen LogP contribution < -0.4 is 15.0 Å². The number of pyridine rings is 1. The Morgan fingerprint density at radius 1 is 1.15 bits per heavy atom. The monoisotopic (exact) mass is 393 g/mol. The molecule has 1 saturated heterocycles. The summed E-state index contributed by atoms with van der Waals surface area (Å²) < 4.78 is 5.46. The molecule has 1 aliphatic heterocycles. The molecule has 5 nitrogen and oxygen atoms in total. The Balaban J connectivity index is 1.53. The number of rotatable bonds is 6. The van der Waals surface area contributed by atoms with Gasteiger partial charge < -0.3 is 15.0 Å². The minimum Gasteiger partial charge on any atom is -0.484 e. The van der Waals surface area contributed by atoms with E-state index in [2.05, 4.69) is 15.2 Å². The van der Waals surface area contributed by atoms with Gasteiger partial charge in [0.05, 0.1) is 10.0 Å². The van der Waals surface area contributed by atoms with E-state index in [1.807, 2.05) is 12.1 Å². The molecule has 2 aromatic rings. The molecule has 3 rings (SSSR count). The van der Waals surface area contributed by atoms with Crippen LogP contribution in [0.4, 0.5) is 5.82 Å². The van der Waals surface area contributed by atoms with Crippen LogP contribution in [0.15, 0.2) is 36.5 Å². The molecule has 1 aromatic carbocycles. The lowest BCUT2D eigenvalue weighted by Crippen LogP contribution is -2.33. The van der Waals surface area contributed by atoms with Gasteiger partial charge >= 0.3 is 0 Å². The van der Waals surface area contributed by atoms with E-state index in [9.17, 15) is 4.79 Å². The van der Waals surface area contributed by atoms with Gasteiger partial charge in [-0.1, -0.05) is 29.3 Å². The van der Waals surface area contributed by atoms with E-state index in [0.717, 1.165) is 24.5 Å². The number of anilines is 1. The van der Waals surface area contributed by atoms with Crippen molar-refractivity contribution < 1.29 is 9.53 Å². The van der Waals surface area contributed by atoms with Crippen LogP contribution in [0.5, 0.6) is 5.75 Å². The number of nitrogens with zero attached hydrogens (tertiary/aromatic N) is 2. The first kappa shape index (κ1) is 18.8. The van der Waals surface area contributed by atoms with Gasteiger partial charge in [0.25, 0.3) is 5.91 Å². The molecular weight excluding hydrogens is 373 g/mol. The topological polar surface area (TPSA) is 54.5 Å². The number of halogens is 2. The molecule has 1 N–H and O–H groups in total. The summed E-state index contributed by atoms with van der Waals surface area (Å²) in [5.41, 5.74) is 1.01. The van der Waals surface area contributed by atoms with Crippen LogP contribution in [0.2, 0.25) is 10.0 Å². The number of ether oxygens (including phenoxy) is 1. The van der Waals surface area contributed by atoms with Crippen molar-refractivity contribution in [1.82, 2.24) is 10.3 Å². The van der Waals surface area contributed by atoms with E-state index in [1.165, 1.54) is 19.3 Å². The van der Waals surface area contributed by atoms with Crippen LogP contribution in [0.1, 0.15) is 24.8 Å². The second kappa shape index (κ2) is 9.10. The fourth-order valence-corrected chi connectivity index (χ4v) is 3.21. The highest BCUT2D eigenvalue weighted by Gasteiger charge is 2.16.